The number of imidazole rings is 2. The molecule has 11 heteroatoms. The Morgan fingerprint density at radius 1 is 1.25 bits per heavy atom. The Bertz CT molecular complexity index is 961. The molecule has 128 valence electrons. The van der Waals surface area contributed by atoms with E-state index in [9.17, 15) is 25.2 Å². The molecule has 0 aromatic carbocycles. The van der Waals surface area contributed by atoms with Crippen LogP contribution in [0.2, 0.25) is 0 Å². The Hall–Kier alpha value is -2.31. The van der Waals surface area contributed by atoms with Gasteiger partial charge in [0.15, 0.2) is 11.7 Å². The summed E-state index contributed by atoms with van der Waals surface area (Å²) in [6.07, 6.45) is -1.87. The lowest BCUT2D eigenvalue weighted by Gasteiger charge is -2.16. The molecule has 24 heavy (non-hydrogen) atoms. The van der Waals surface area contributed by atoms with Crippen molar-refractivity contribution in [2.24, 2.45) is 0 Å². The van der Waals surface area contributed by atoms with E-state index in [1.54, 1.807) is 0 Å². The van der Waals surface area contributed by atoms with Crippen molar-refractivity contribution >= 4 is 16.9 Å². The van der Waals surface area contributed by atoms with Crippen LogP contribution in [0.1, 0.15) is 11.9 Å². The molecule has 1 saturated heterocycles. The zero-order chi connectivity index (χ0) is 17.0. The average Bonchev–Trinajstić information content (AvgIpc) is 3.25. The summed E-state index contributed by atoms with van der Waals surface area (Å²) >= 11 is 0. The van der Waals surface area contributed by atoms with Crippen molar-refractivity contribution in [2.45, 2.75) is 31.1 Å². The minimum Gasteiger partial charge on any atom is -0.394 e. The molecule has 0 bridgehead atoms. The van der Waals surface area contributed by atoms with Gasteiger partial charge in [-0.05, 0) is 0 Å². The van der Waals surface area contributed by atoms with E-state index in [1.165, 1.54) is 21.5 Å². The average molecular weight is 337 g/mol. The minimum atomic E-state index is -1.30. The van der Waals surface area contributed by atoms with Gasteiger partial charge in [-0.2, -0.15) is 0 Å². The normalized spacial score (nSPS) is 27.5. The van der Waals surface area contributed by atoms with Crippen molar-refractivity contribution in [1.29, 1.82) is 0 Å². The van der Waals surface area contributed by atoms with E-state index in [4.69, 9.17) is 4.74 Å². The molecule has 0 spiro atoms. The van der Waals surface area contributed by atoms with Gasteiger partial charge in [-0.15, -0.1) is 0 Å². The van der Waals surface area contributed by atoms with E-state index in [1.807, 2.05) is 0 Å². The third-order valence-corrected chi connectivity index (χ3v) is 4.22. The van der Waals surface area contributed by atoms with E-state index in [0.29, 0.717) is 5.69 Å². The second-order valence-corrected chi connectivity index (χ2v) is 5.57. The fourth-order valence-corrected chi connectivity index (χ4v) is 2.97. The van der Waals surface area contributed by atoms with Crippen LogP contribution in [0.5, 0.6) is 0 Å². The maximum atomic E-state index is 12.5. The predicted molar refractivity (Wildman–Crippen MR) is 78.0 cm³/mol. The van der Waals surface area contributed by atoms with Crippen LogP contribution in [0.3, 0.4) is 0 Å². The lowest BCUT2D eigenvalue weighted by atomic mass is 10.1. The number of fused-ring (bicyclic) bond motifs is 2. The SMILES string of the molecule is O=c1c2ncn([C@@H]3O[C@H](CO)[C@@H](O)[C@H]3O)c2[nH]c2ncc(CO)n12. The van der Waals surface area contributed by atoms with Crippen molar-refractivity contribution < 1.29 is 25.2 Å². The molecule has 11 nitrogen and oxygen atoms in total. The number of hydrogen-bond donors (Lipinski definition) is 5. The number of nitrogens with zero attached hydrogens (tertiary/aromatic N) is 4. The second kappa shape index (κ2) is 5.36. The Morgan fingerprint density at radius 2 is 2.04 bits per heavy atom. The molecule has 0 radical (unpaired) electrons. The fourth-order valence-electron chi connectivity index (χ4n) is 2.97. The van der Waals surface area contributed by atoms with Gasteiger partial charge >= 0.3 is 0 Å². The zero-order valence-electron chi connectivity index (χ0n) is 12.3. The number of aromatic nitrogens is 5. The molecule has 3 aromatic heterocycles. The van der Waals surface area contributed by atoms with Gasteiger partial charge in [0.25, 0.3) is 5.56 Å². The molecule has 0 amide bonds. The largest absolute Gasteiger partial charge is 0.394 e. The molecule has 4 rings (SSSR count). The Balaban J connectivity index is 1.90. The van der Waals surface area contributed by atoms with Crippen molar-refractivity contribution in [1.82, 2.24) is 23.9 Å². The monoisotopic (exact) mass is 337 g/mol. The molecular formula is C13H15N5O6. The molecule has 1 aliphatic rings. The minimum absolute atomic E-state index is 0.0629. The molecular weight excluding hydrogens is 322 g/mol. The summed E-state index contributed by atoms with van der Waals surface area (Å²) in [7, 11) is 0. The van der Waals surface area contributed by atoms with Crippen molar-refractivity contribution in [3.8, 4) is 0 Å². The highest BCUT2D eigenvalue weighted by Crippen LogP contribution is 2.30. The van der Waals surface area contributed by atoms with Gasteiger partial charge in [0.2, 0.25) is 5.78 Å². The number of hydrogen-bond acceptors (Lipinski definition) is 8. The summed E-state index contributed by atoms with van der Waals surface area (Å²) in [6, 6.07) is 0. The fraction of sp³-hybridized carbons (Fsp3) is 0.462. The van der Waals surface area contributed by atoms with Crippen molar-refractivity contribution in [3.05, 3.63) is 28.6 Å². The van der Waals surface area contributed by atoms with Crippen LogP contribution in [-0.4, -0.2) is 69.3 Å². The summed E-state index contributed by atoms with van der Waals surface area (Å²) in [5, 5.41) is 38.5. The maximum Gasteiger partial charge on any atom is 0.287 e. The van der Waals surface area contributed by atoms with Gasteiger partial charge in [-0.1, -0.05) is 0 Å². The molecule has 0 saturated carbocycles. The van der Waals surface area contributed by atoms with Gasteiger partial charge in [-0.25, -0.2) is 14.4 Å². The number of ether oxygens (including phenoxy) is 1. The maximum absolute atomic E-state index is 12.5. The van der Waals surface area contributed by atoms with E-state index in [-0.39, 0.29) is 23.5 Å². The number of nitrogens with one attached hydrogen (secondary N) is 1. The smallest absolute Gasteiger partial charge is 0.287 e. The predicted octanol–water partition coefficient (Wildman–Crippen LogP) is -2.52. The molecule has 1 fully saturated rings. The van der Waals surface area contributed by atoms with Crippen LogP contribution in [0.25, 0.3) is 16.9 Å². The van der Waals surface area contributed by atoms with E-state index in [0.717, 1.165) is 0 Å². The molecule has 3 aromatic rings. The van der Waals surface area contributed by atoms with Gasteiger partial charge < -0.3 is 30.1 Å². The van der Waals surface area contributed by atoms with E-state index < -0.39 is 36.7 Å². The number of H-pyrrole nitrogens is 1. The molecule has 0 unspecified atom stereocenters. The Morgan fingerprint density at radius 3 is 2.71 bits per heavy atom. The zero-order valence-corrected chi connectivity index (χ0v) is 12.3. The summed E-state index contributed by atoms with van der Waals surface area (Å²) in [6.45, 7) is -0.812. The van der Waals surface area contributed by atoms with Gasteiger partial charge in [0, 0.05) is 0 Å². The second-order valence-electron chi connectivity index (χ2n) is 5.57. The van der Waals surface area contributed by atoms with E-state index in [2.05, 4.69) is 15.0 Å². The Labute approximate surface area is 133 Å². The number of aromatic amines is 1. The standard InChI is InChI=1S/C13H15N5O6/c19-2-5-1-14-13-16-10-7(11(23)18(5)13)15-4-17(10)12-9(22)8(21)6(3-20)24-12/h1,4,6,8-9,12,19-22H,2-3H2,(H,14,16)/t6-,8-,9-,12-/m1/s1. The van der Waals surface area contributed by atoms with Gasteiger partial charge in [0.1, 0.15) is 24.0 Å². The van der Waals surface area contributed by atoms with Crippen LogP contribution in [0, 0.1) is 0 Å². The highest BCUT2D eigenvalue weighted by atomic mass is 16.6. The van der Waals surface area contributed by atoms with Crippen LogP contribution >= 0.6 is 0 Å². The lowest BCUT2D eigenvalue weighted by molar-refractivity contribution is -0.0511. The third-order valence-electron chi connectivity index (χ3n) is 4.22. The van der Waals surface area contributed by atoms with Crippen LogP contribution < -0.4 is 5.56 Å². The van der Waals surface area contributed by atoms with Crippen LogP contribution in [0.15, 0.2) is 17.3 Å². The molecule has 0 aliphatic carbocycles. The number of aliphatic hydroxyl groups excluding tert-OH is 4. The molecule has 4 atom stereocenters. The first kappa shape index (κ1) is 15.2. The summed E-state index contributed by atoms with van der Waals surface area (Å²) in [4.78, 5) is 23.5. The number of rotatable bonds is 3. The van der Waals surface area contributed by atoms with Crippen LogP contribution in [-0.2, 0) is 11.3 Å². The first-order chi connectivity index (χ1) is 11.6. The summed E-state index contributed by atoms with van der Waals surface area (Å²) in [5.74, 6) is 0.199. The molecule has 4 heterocycles. The lowest BCUT2D eigenvalue weighted by Crippen LogP contribution is -2.33. The first-order valence-electron chi connectivity index (χ1n) is 7.25. The first-order valence-corrected chi connectivity index (χ1v) is 7.25. The van der Waals surface area contributed by atoms with Gasteiger partial charge in [0.05, 0.1) is 31.4 Å². The van der Waals surface area contributed by atoms with Crippen molar-refractivity contribution in [2.75, 3.05) is 6.61 Å². The molecule has 5 N–H and O–H groups in total. The topological polar surface area (TPSA) is 158 Å². The van der Waals surface area contributed by atoms with Gasteiger partial charge in [-0.3, -0.25) is 9.36 Å². The third kappa shape index (κ3) is 1.93. The molecule has 1 aliphatic heterocycles. The quantitative estimate of drug-likeness (QED) is 0.350. The summed E-state index contributed by atoms with van der Waals surface area (Å²) < 4.78 is 8.02. The highest BCUT2D eigenvalue weighted by molar-refractivity contribution is 5.72. The van der Waals surface area contributed by atoms with Crippen LogP contribution in [0.4, 0.5) is 0 Å². The summed E-state index contributed by atoms with van der Waals surface area (Å²) in [5.41, 5.74) is 0.145. The Kier molecular flexibility index (Phi) is 3.40. The highest BCUT2D eigenvalue weighted by Gasteiger charge is 2.44. The number of aliphatic hydroxyl groups is 4. The van der Waals surface area contributed by atoms with E-state index >= 15 is 0 Å². The van der Waals surface area contributed by atoms with Crippen molar-refractivity contribution in [3.63, 3.8) is 0 Å².